The molecule has 0 N–H and O–H groups in total. The van der Waals surface area contributed by atoms with Crippen molar-refractivity contribution in [2.45, 2.75) is 46.1 Å². The summed E-state index contributed by atoms with van der Waals surface area (Å²) in [7, 11) is 0. The number of amides is 1. The van der Waals surface area contributed by atoms with Gasteiger partial charge in [-0.15, -0.1) is 0 Å². The predicted molar refractivity (Wildman–Crippen MR) is 97.7 cm³/mol. The molecule has 2 rings (SSSR count). The first-order valence-electron chi connectivity index (χ1n) is 7.98. The van der Waals surface area contributed by atoms with Crippen molar-refractivity contribution in [1.29, 1.82) is 0 Å². The zero-order chi connectivity index (χ0) is 17.0. The molecule has 0 spiro atoms. The van der Waals surface area contributed by atoms with Crippen molar-refractivity contribution in [2.75, 3.05) is 19.7 Å². The molecule has 23 heavy (non-hydrogen) atoms. The van der Waals surface area contributed by atoms with Crippen molar-refractivity contribution in [3.05, 3.63) is 21.5 Å². The third kappa shape index (κ3) is 5.82. The standard InChI is InChI=1S/C17H25IN2O3/c1-12-5-6-14(15(18)19-12)22-11-13-7-9-20(10-8-13)16(21)23-17(2,3)4/h5-6,13H,7-11H2,1-4H3. The fraction of sp³-hybridized carbons (Fsp3) is 0.647. The van der Waals surface area contributed by atoms with Gasteiger partial charge in [-0.25, -0.2) is 9.78 Å². The molecule has 0 atom stereocenters. The van der Waals surface area contributed by atoms with E-state index in [0.29, 0.717) is 12.5 Å². The SMILES string of the molecule is Cc1ccc(OCC2CCN(C(=O)OC(C)(C)C)CC2)c(I)n1. The summed E-state index contributed by atoms with van der Waals surface area (Å²) in [6, 6.07) is 3.93. The highest BCUT2D eigenvalue weighted by atomic mass is 127. The molecule has 1 aliphatic heterocycles. The van der Waals surface area contributed by atoms with Crippen LogP contribution in [0.1, 0.15) is 39.3 Å². The van der Waals surface area contributed by atoms with Gasteiger partial charge in [-0.1, -0.05) is 0 Å². The predicted octanol–water partition coefficient (Wildman–Crippen LogP) is 4.02. The van der Waals surface area contributed by atoms with Gasteiger partial charge in [-0.3, -0.25) is 0 Å². The summed E-state index contributed by atoms with van der Waals surface area (Å²) in [4.78, 5) is 18.2. The number of carbonyl (C=O) groups is 1. The van der Waals surface area contributed by atoms with Gasteiger partial charge in [0.15, 0.2) is 5.75 Å². The quantitative estimate of drug-likeness (QED) is 0.535. The van der Waals surface area contributed by atoms with E-state index in [1.165, 1.54) is 0 Å². The number of hydrogen-bond donors (Lipinski definition) is 0. The summed E-state index contributed by atoms with van der Waals surface area (Å²) >= 11 is 2.20. The number of piperidine rings is 1. The van der Waals surface area contributed by atoms with Crippen molar-refractivity contribution in [3.63, 3.8) is 0 Å². The lowest BCUT2D eigenvalue weighted by Crippen LogP contribution is -2.42. The molecule has 5 nitrogen and oxygen atoms in total. The maximum absolute atomic E-state index is 12.0. The van der Waals surface area contributed by atoms with Crippen molar-refractivity contribution in [3.8, 4) is 5.75 Å². The lowest BCUT2D eigenvalue weighted by atomic mass is 9.98. The van der Waals surface area contributed by atoms with E-state index in [9.17, 15) is 4.79 Å². The van der Waals surface area contributed by atoms with E-state index >= 15 is 0 Å². The molecule has 6 heteroatoms. The van der Waals surface area contributed by atoms with Crippen LogP contribution in [0, 0.1) is 16.5 Å². The van der Waals surface area contributed by atoms with Crippen LogP contribution in [-0.2, 0) is 4.74 Å². The fourth-order valence-corrected chi connectivity index (χ4v) is 3.15. The number of hydrogen-bond acceptors (Lipinski definition) is 4. The average molecular weight is 432 g/mol. The fourth-order valence-electron chi connectivity index (χ4n) is 2.44. The summed E-state index contributed by atoms with van der Waals surface area (Å²) in [6.07, 6.45) is 1.67. The van der Waals surface area contributed by atoms with Crippen LogP contribution in [0.25, 0.3) is 0 Å². The molecule has 0 aliphatic carbocycles. The van der Waals surface area contributed by atoms with E-state index in [0.717, 1.165) is 41.1 Å². The highest BCUT2D eigenvalue weighted by Crippen LogP contribution is 2.23. The van der Waals surface area contributed by atoms with E-state index < -0.39 is 5.60 Å². The Labute approximate surface area is 151 Å². The number of nitrogens with zero attached hydrogens (tertiary/aromatic N) is 2. The molecule has 0 aromatic carbocycles. The van der Waals surface area contributed by atoms with Crippen LogP contribution in [0.2, 0.25) is 0 Å². The van der Waals surface area contributed by atoms with Crippen LogP contribution in [0.3, 0.4) is 0 Å². The number of halogens is 1. The highest BCUT2D eigenvalue weighted by Gasteiger charge is 2.27. The van der Waals surface area contributed by atoms with Gasteiger partial charge in [0.2, 0.25) is 0 Å². The summed E-state index contributed by atoms with van der Waals surface area (Å²) in [5, 5.41) is 0. The molecule has 1 saturated heterocycles. The average Bonchev–Trinajstić information content (AvgIpc) is 2.45. The van der Waals surface area contributed by atoms with Crippen molar-refractivity contribution >= 4 is 28.7 Å². The summed E-state index contributed by atoms with van der Waals surface area (Å²) < 4.78 is 12.2. The number of likely N-dealkylation sites (tertiary alicyclic amines) is 1. The van der Waals surface area contributed by atoms with E-state index in [2.05, 4.69) is 27.6 Å². The molecule has 1 aromatic rings. The molecule has 0 unspecified atom stereocenters. The van der Waals surface area contributed by atoms with Gasteiger partial charge in [0, 0.05) is 18.8 Å². The molecule has 2 heterocycles. The number of rotatable bonds is 3. The zero-order valence-electron chi connectivity index (χ0n) is 14.3. The first kappa shape index (κ1) is 18.3. The number of ether oxygens (including phenoxy) is 2. The van der Waals surface area contributed by atoms with Gasteiger partial charge in [-0.2, -0.15) is 0 Å². The molecule has 1 fully saturated rings. The molecule has 128 valence electrons. The second kappa shape index (κ2) is 7.68. The van der Waals surface area contributed by atoms with Crippen LogP contribution >= 0.6 is 22.6 Å². The molecule has 0 radical (unpaired) electrons. The minimum atomic E-state index is -0.438. The lowest BCUT2D eigenvalue weighted by molar-refractivity contribution is 0.0164. The Morgan fingerprint density at radius 2 is 2.00 bits per heavy atom. The van der Waals surface area contributed by atoms with Gasteiger partial charge >= 0.3 is 6.09 Å². The van der Waals surface area contributed by atoms with E-state index in [1.807, 2.05) is 39.8 Å². The van der Waals surface area contributed by atoms with Crippen LogP contribution in [0.5, 0.6) is 5.75 Å². The van der Waals surface area contributed by atoms with Gasteiger partial charge in [0.05, 0.1) is 6.61 Å². The normalized spacial score (nSPS) is 16.3. The Morgan fingerprint density at radius 1 is 1.35 bits per heavy atom. The van der Waals surface area contributed by atoms with Crippen molar-refractivity contribution < 1.29 is 14.3 Å². The van der Waals surface area contributed by atoms with Gasteiger partial charge < -0.3 is 14.4 Å². The first-order chi connectivity index (χ1) is 10.7. The molecule has 1 aromatic heterocycles. The Morgan fingerprint density at radius 3 is 2.57 bits per heavy atom. The minimum absolute atomic E-state index is 0.214. The van der Waals surface area contributed by atoms with E-state index in [4.69, 9.17) is 9.47 Å². The summed E-state index contributed by atoms with van der Waals surface area (Å²) in [5.41, 5.74) is 0.555. The van der Waals surface area contributed by atoms with E-state index in [-0.39, 0.29) is 6.09 Å². The van der Waals surface area contributed by atoms with Crippen LogP contribution in [0.15, 0.2) is 12.1 Å². The van der Waals surface area contributed by atoms with Crippen LogP contribution in [-0.4, -0.2) is 41.3 Å². The minimum Gasteiger partial charge on any atom is -0.491 e. The highest BCUT2D eigenvalue weighted by molar-refractivity contribution is 14.1. The number of carbonyl (C=O) groups excluding carboxylic acids is 1. The molecule has 1 amide bonds. The van der Waals surface area contributed by atoms with Crippen molar-refractivity contribution in [1.82, 2.24) is 9.88 Å². The molecule has 0 bridgehead atoms. The first-order valence-corrected chi connectivity index (χ1v) is 9.06. The number of aromatic nitrogens is 1. The lowest BCUT2D eigenvalue weighted by Gasteiger charge is -2.33. The number of pyridine rings is 1. The van der Waals surface area contributed by atoms with Crippen molar-refractivity contribution in [2.24, 2.45) is 5.92 Å². The van der Waals surface area contributed by atoms with E-state index in [1.54, 1.807) is 4.90 Å². The third-order valence-corrected chi connectivity index (χ3v) is 4.47. The summed E-state index contributed by atoms with van der Waals surface area (Å²) in [5.74, 6) is 1.30. The van der Waals surface area contributed by atoms with Crippen LogP contribution in [0.4, 0.5) is 4.79 Å². The smallest absolute Gasteiger partial charge is 0.410 e. The second-order valence-electron chi connectivity index (χ2n) is 6.96. The van der Waals surface area contributed by atoms with Gasteiger partial charge in [-0.05, 0) is 81.2 Å². The molecule has 1 aliphatic rings. The monoisotopic (exact) mass is 432 g/mol. The van der Waals surface area contributed by atoms with Crippen LogP contribution < -0.4 is 4.74 Å². The molecular weight excluding hydrogens is 407 g/mol. The molecular formula is C17H25IN2O3. The topological polar surface area (TPSA) is 51.7 Å². The maximum atomic E-state index is 12.0. The zero-order valence-corrected chi connectivity index (χ0v) is 16.4. The van der Waals surface area contributed by atoms with Gasteiger partial charge in [0.1, 0.15) is 9.30 Å². The Balaban J connectivity index is 1.77. The molecule has 0 saturated carbocycles. The Bertz CT molecular complexity index is 549. The largest absolute Gasteiger partial charge is 0.491 e. The van der Waals surface area contributed by atoms with Gasteiger partial charge in [0.25, 0.3) is 0 Å². The summed E-state index contributed by atoms with van der Waals surface area (Å²) in [6.45, 7) is 9.77. The third-order valence-electron chi connectivity index (χ3n) is 3.69. The maximum Gasteiger partial charge on any atom is 0.410 e. The Kier molecular flexibility index (Phi) is 6.11. The Hall–Kier alpha value is -1.05. The number of aryl methyl sites for hydroxylation is 1. The second-order valence-corrected chi connectivity index (χ2v) is 7.99.